The number of nitrogens with one attached hydrogen (secondary N) is 1. The van der Waals surface area contributed by atoms with Gasteiger partial charge in [-0.1, -0.05) is 0 Å². The number of rotatable bonds is 7. The maximum absolute atomic E-state index is 10.7. The van der Waals surface area contributed by atoms with Crippen molar-refractivity contribution in [2.75, 3.05) is 19.8 Å². The quantitative estimate of drug-likeness (QED) is 0.672. The summed E-state index contributed by atoms with van der Waals surface area (Å²) < 4.78 is 10.6. The van der Waals surface area contributed by atoms with Gasteiger partial charge in [-0.05, 0) is 26.7 Å². The van der Waals surface area contributed by atoms with E-state index in [4.69, 9.17) is 14.6 Å². The lowest BCUT2D eigenvalue weighted by atomic mass is 10.2. The Labute approximate surface area is 96.1 Å². The van der Waals surface area contributed by atoms with E-state index in [0.717, 1.165) is 6.42 Å². The topological polar surface area (TPSA) is 67.8 Å². The van der Waals surface area contributed by atoms with Crippen LogP contribution >= 0.6 is 0 Å². The minimum atomic E-state index is -0.857. The summed E-state index contributed by atoms with van der Waals surface area (Å²) in [5, 5.41) is 12.0. The molecule has 1 saturated heterocycles. The standard InChI is InChI=1S/C11H21NO4/c1-3-15-7-8(2)12-6-9-4-5-10(16-9)11(13)14/h8-10,12H,3-7H2,1-2H3,(H,13,14). The van der Waals surface area contributed by atoms with Gasteiger partial charge in [0.15, 0.2) is 6.10 Å². The van der Waals surface area contributed by atoms with E-state index in [9.17, 15) is 4.79 Å². The monoisotopic (exact) mass is 231 g/mol. The second kappa shape index (κ2) is 6.83. The normalized spacial score (nSPS) is 26.9. The average molecular weight is 231 g/mol. The Bertz CT molecular complexity index is 222. The van der Waals surface area contributed by atoms with Crippen molar-refractivity contribution in [1.29, 1.82) is 0 Å². The molecule has 94 valence electrons. The van der Waals surface area contributed by atoms with Crippen LogP contribution in [0.3, 0.4) is 0 Å². The molecule has 16 heavy (non-hydrogen) atoms. The van der Waals surface area contributed by atoms with Gasteiger partial charge in [0.05, 0.1) is 12.7 Å². The van der Waals surface area contributed by atoms with Crippen LogP contribution in [-0.2, 0) is 14.3 Å². The summed E-state index contributed by atoms with van der Waals surface area (Å²) in [5.74, 6) is -0.857. The lowest BCUT2D eigenvalue weighted by molar-refractivity contribution is -0.149. The first-order chi connectivity index (χ1) is 7.63. The van der Waals surface area contributed by atoms with E-state index in [1.165, 1.54) is 0 Å². The molecule has 0 bridgehead atoms. The van der Waals surface area contributed by atoms with Crippen LogP contribution in [-0.4, -0.2) is 49.1 Å². The summed E-state index contributed by atoms with van der Waals surface area (Å²) in [6.07, 6.45) is 0.825. The molecule has 0 amide bonds. The molecule has 1 aliphatic heterocycles. The average Bonchev–Trinajstić information content (AvgIpc) is 2.72. The van der Waals surface area contributed by atoms with Crippen LogP contribution in [0.4, 0.5) is 0 Å². The predicted octanol–water partition coefficient (Wildman–Crippen LogP) is 0.633. The molecule has 1 fully saturated rings. The number of carboxylic acids is 1. The maximum atomic E-state index is 10.7. The zero-order chi connectivity index (χ0) is 12.0. The number of ether oxygens (including phenoxy) is 2. The van der Waals surface area contributed by atoms with Crippen LogP contribution in [0.15, 0.2) is 0 Å². The molecule has 0 aromatic carbocycles. The Morgan fingerprint density at radius 2 is 2.38 bits per heavy atom. The second-order valence-corrected chi connectivity index (χ2v) is 4.13. The van der Waals surface area contributed by atoms with Crippen molar-refractivity contribution in [3.63, 3.8) is 0 Å². The summed E-state index contributed by atoms with van der Waals surface area (Å²) in [5.41, 5.74) is 0. The van der Waals surface area contributed by atoms with Gasteiger partial charge in [-0.15, -0.1) is 0 Å². The summed E-state index contributed by atoms with van der Waals surface area (Å²) in [4.78, 5) is 10.7. The minimum absolute atomic E-state index is 0.0187. The van der Waals surface area contributed by atoms with Gasteiger partial charge in [0.2, 0.25) is 0 Å². The van der Waals surface area contributed by atoms with E-state index < -0.39 is 12.1 Å². The fourth-order valence-electron chi connectivity index (χ4n) is 1.72. The molecule has 2 N–H and O–H groups in total. The molecule has 0 aliphatic carbocycles. The number of carboxylic acid groups (broad SMARTS) is 1. The van der Waals surface area contributed by atoms with E-state index in [0.29, 0.717) is 26.2 Å². The van der Waals surface area contributed by atoms with Crippen molar-refractivity contribution in [2.45, 2.75) is 44.9 Å². The van der Waals surface area contributed by atoms with Crippen LogP contribution in [0, 0.1) is 0 Å². The summed E-state index contributed by atoms with van der Waals surface area (Å²) >= 11 is 0. The first kappa shape index (κ1) is 13.4. The van der Waals surface area contributed by atoms with Gasteiger partial charge < -0.3 is 19.9 Å². The molecular weight excluding hydrogens is 210 g/mol. The van der Waals surface area contributed by atoms with Gasteiger partial charge in [0, 0.05) is 19.2 Å². The zero-order valence-corrected chi connectivity index (χ0v) is 9.94. The summed E-state index contributed by atoms with van der Waals surface area (Å²) in [6, 6.07) is 0.271. The molecule has 0 spiro atoms. The van der Waals surface area contributed by atoms with Crippen LogP contribution < -0.4 is 5.32 Å². The number of hydrogen-bond acceptors (Lipinski definition) is 4. The number of hydrogen-bond donors (Lipinski definition) is 2. The largest absolute Gasteiger partial charge is 0.479 e. The Morgan fingerprint density at radius 3 is 2.94 bits per heavy atom. The highest BCUT2D eigenvalue weighted by atomic mass is 16.5. The van der Waals surface area contributed by atoms with Gasteiger partial charge >= 0.3 is 5.97 Å². The maximum Gasteiger partial charge on any atom is 0.332 e. The first-order valence-electron chi connectivity index (χ1n) is 5.82. The van der Waals surface area contributed by atoms with Crippen molar-refractivity contribution in [1.82, 2.24) is 5.32 Å². The lowest BCUT2D eigenvalue weighted by Gasteiger charge is -2.17. The van der Waals surface area contributed by atoms with E-state index in [2.05, 4.69) is 5.32 Å². The van der Waals surface area contributed by atoms with Gasteiger partial charge in [-0.2, -0.15) is 0 Å². The van der Waals surface area contributed by atoms with Crippen molar-refractivity contribution in [2.24, 2.45) is 0 Å². The summed E-state index contributed by atoms with van der Waals surface area (Å²) in [7, 11) is 0. The predicted molar refractivity (Wildman–Crippen MR) is 59.5 cm³/mol. The molecule has 0 aromatic rings. The van der Waals surface area contributed by atoms with Crippen LogP contribution in [0.2, 0.25) is 0 Å². The molecule has 1 aliphatic rings. The Morgan fingerprint density at radius 1 is 1.62 bits per heavy atom. The van der Waals surface area contributed by atoms with Crippen molar-refractivity contribution in [3.05, 3.63) is 0 Å². The second-order valence-electron chi connectivity index (χ2n) is 4.13. The van der Waals surface area contributed by atoms with Gasteiger partial charge in [0.25, 0.3) is 0 Å². The zero-order valence-electron chi connectivity index (χ0n) is 9.94. The fraction of sp³-hybridized carbons (Fsp3) is 0.909. The summed E-state index contributed by atoms with van der Waals surface area (Å²) in [6.45, 7) is 6.08. The third kappa shape index (κ3) is 4.47. The highest BCUT2D eigenvalue weighted by molar-refractivity contribution is 5.72. The molecule has 0 radical (unpaired) electrons. The van der Waals surface area contributed by atoms with E-state index in [-0.39, 0.29) is 12.1 Å². The van der Waals surface area contributed by atoms with Gasteiger partial charge in [-0.25, -0.2) is 4.79 Å². The smallest absolute Gasteiger partial charge is 0.332 e. The van der Waals surface area contributed by atoms with Crippen molar-refractivity contribution >= 4 is 5.97 Å². The highest BCUT2D eigenvalue weighted by Gasteiger charge is 2.30. The molecule has 0 saturated carbocycles. The molecule has 0 aromatic heterocycles. The Kier molecular flexibility index (Phi) is 5.73. The van der Waals surface area contributed by atoms with Gasteiger partial charge in [-0.3, -0.25) is 0 Å². The third-order valence-electron chi connectivity index (χ3n) is 2.65. The Hall–Kier alpha value is -0.650. The van der Waals surface area contributed by atoms with E-state index in [1.807, 2.05) is 13.8 Å². The molecule has 1 heterocycles. The minimum Gasteiger partial charge on any atom is -0.479 e. The van der Waals surface area contributed by atoms with Crippen molar-refractivity contribution in [3.8, 4) is 0 Å². The fourth-order valence-corrected chi connectivity index (χ4v) is 1.72. The molecule has 3 atom stereocenters. The SMILES string of the molecule is CCOCC(C)NCC1CCC(C(=O)O)O1. The van der Waals surface area contributed by atoms with Crippen LogP contribution in [0.1, 0.15) is 26.7 Å². The molecule has 3 unspecified atom stereocenters. The molecule has 5 heteroatoms. The van der Waals surface area contributed by atoms with Crippen LogP contribution in [0.5, 0.6) is 0 Å². The highest BCUT2D eigenvalue weighted by Crippen LogP contribution is 2.19. The number of aliphatic carboxylic acids is 1. The molecule has 5 nitrogen and oxygen atoms in total. The lowest BCUT2D eigenvalue weighted by Crippen LogP contribution is -2.37. The number of carbonyl (C=O) groups is 1. The van der Waals surface area contributed by atoms with Crippen LogP contribution in [0.25, 0.3) is 0 Å². The van der Waals surface area contributed by atoms with E-state index >= 15 is 0 Å². The first-order valence-corrected chi connectivity index (χ1v) is 5.82. The van der Waals surface area contributed by atoms with Crippen molar-refractivity contribution < 1.29 is 19.4 Å². The van der Waals surface area contributed by atoms with E-state index in [1.54, 1.807) is 0 Å². The molecule has 1 rings (SSSR count). The third-order valence-corrected chi connectivity index (χ3v) is 2.65. The van der Waals surface area contributed by atoms with Gasteiger partial charge in [0.1, 0.15) is 0 Å². The Balaban J connectivity index is 2.12. The molecular formula is C11H21NO4.